The van der Waals surface area contributed by atoms with Crippen LogP contribution in [-0.4, -0.2) is 40.1 Å². The number of carbonyl (C=O) groups excluding carboxylic acids is 1. The summed E-state index contributed by atoms with van der Waals surface area (Å²) >= 11 is 12.3. The highest BCUT2D eigenvalue weighted by Crippen LogP contribution is 2.29. The summed E-state index contributed by atoms with van der Waals surface area (Å²) < 4.78 is 55.9. The van der Waals surface area contributed by atoms with Crippen LogP contribution in [0.15, 0.2) is 65.6 Å². The summed E-state index contributed by atoms with van der Waals surface area (Å²) in [7, 11) is -7.59. The second-order valence-electron chi connectivity index (χ2n) is 9.59. The number of halogens is 2. The van der Waals surface area contributed by atoms with Crippen LogP contribution in [0.5, 0.6) is 0 Å². The molecule has 3 aromatic carbocycles. The predicted octanol–water partition coefficient (Wildman–Crippen LogP) is 5.59. The lowest BCUT2D eigenvalue weighted by Gasteiger charge is -2.31. The van der Waals surface area contributed by atoms with Gasteiger partial charge >= 0.3 is 0 Å². The van der Waals surface area contributed by atoms with Gasteiger partial charge in [-0.2, -0.15) is 0 Å². The number of amides is 1. The summed E-state index contributed by atoms with van der Waals surface area (Å²) in [6.45, 7) is 4.03. The number of piperidine rings is 1. The monoisotopic (exact) mass is 609 g/mol. The highest BCUT2D eigenvalue weighted by atomic mass is 35.5. The number of nitrogens with zero attached hydrogens (tertiary/aromatic N) is 1. The highest BCUT2D eigenvalue weighted by Gasteiger charge is 2.33. The Morgan fingerprint density at radius 1 is 0.974 bits per heavy atom. The molecule has 0 aliphatic carbocycles. The molecule has 2 N–H and O–H groups in total. The second-order valence-corrected chi connectivity index (χ2v) is 14.1. The zero-order chi connectivity index (χ0) is 28.4. The molecule has 1 fully saturated rings. The molecule has 1 aliphatic heterocycles. The lowest BCUT2D eigenvalue weighted by Crippen LogP contribution is -2.44. The molecule has 8 nitrogen and oxygen atoms in total. The van der Waals surface area contributed by atoms with Crippen molar-refractivity contribution in [1.82, 2.24) is 4.31 Å². The average molecular weight is 611 g/mol. The van der Waals surface area contributed by atoms with Gasteiger partial charge in [0.2, 0.25) is 15.9 Å². The summed E-state index contributed by atoms with van der Waals surface area (Å²) in [6.07, 6.45) is 1.05. The summed E-state index contributed by atoms with van der Waals surface area (Å²) in [5.74, 6) is -1.26. The van der Waals surface area contributed by atoms with Gasteiger partial charge in [0.1, 0.15) is 0 Å². The molecule has 1 unspecified atom stereocenters. The highest BCUT2D eigenvalue weighted by molar-refractivity contribution is 7.92. The largest absolute Gasteiger partial charge is 0.326 e. The third kappa shape index (κ3) is 7.12. The molecule has 12 heteroatoms. The fourth-order valence-electron chi connectivity index (χ4n) is 4.36. The van der Waals surface area contributed by atoms with E-state index in [1.165, 1.54) is 28.6 Å². The smallest absolute Gasteiger partial charge is 0.261 e. The van der Waals surface area contributed by atoms with E-state index in [-0.39, 0.29) is 33.1 Å². The number of benzene rings is 3. The summed E-state index contributed by atoms with van der Waals surface area (Å²) in [5.41, 5.74) is 2.97. The van der Waals surface area contributed by atoms with Gasteiger partial charge in [0.15, 0.2) is 0 Å². The van der Waals surface area contributed by atoms with Crippen LogP contribution in [-0.2, 0) is 30.6 Å². The molecule has 39 heavy (non-hydrogen) atoms. The number of hydrogen-bond donors (Lipinski definition) is 2. The van der Waals surface area contributed by atoms with Gasteiger partial charge in [-0.1, -0.05) is 41.4 Å². The number of nitrogens with one attached hydrogen (secondary N) is 2. The lowest BCUT2D eigenvalue weighted by atomic mass is 9.99. The number of rotatable bonds is 8. The van der Waals surface area contributed by atoms with Crippen LogP contribution in [0.1, 0.15) is 29.5 Å². The molecular weight excluding hydrogens is 581 g/mol. The van der Waals surface area contributed by atoms with Crippen molar-refractivity contribution in [3.8, 4) is 0 Å². The van der Waals surface area contributed by atoms with Gasteiger partial charge in [-0.25, -0.2) is 21.1 Å². The topological polar surface area (TPSA) is 113 Å². The van der Waals surface area contributed by atoms with Gasteiger partial charge in [-0.05, 0) is 80.3 Å². The van der Waals surface area contributed by atoms with Gasteiger partial charge in [0, 0.05) is 34.4 Å². The normalized spacial score (nSPS) is 16.6. The molecule has 1 atom stereocenters. The zero-order valence-corrected chi connectivity index (χ0v) is 24.6. The van der Waals surface area contributed by atoms with E-state index in [4.69, 9.17) is 23.2 Å². The standard InChI is InChI=1S/C27H29Cl2N3O5S2/c1-18-8-9-19(2)26(15-18)31-39(36,37)22-12-10-21(11-13-22)30-27(33)20-5-4-14-32(16-20)38(34,35)17-23-24(28)6-3-7-25(23)29/h3,6-13,15,20,31H,4-5,14,16-17H2,1-2H3,(H,30,33). The maximum Gasteiger partial charge on any atom is 0.261 e. The summed E-state index contributed by atoms with van der Waals surface area (Å²) in [4.78, 5) is 13.0. The fraction of sp³-hybridized carbons (Fsp3) is 0.296. The molecule has 0 spiro atoms. The Hall–Kier alpha value is -2.63. The minimum Gasteiger partial charge on any atom is -0.326 e. The van der Waals surface area contributed by atoms with E-state index in [2.05, 4.69) is 10.0 Å². The van der Waals surface area contributed by atoms with Gasteiger partial charge in [0.05, 0.1) is 22.3 Å². The van der Waals surface area contributed by atoms with Crippen LogP contribution in [0, 0.1) is 19.8 Å². The first-order chi connectivity index (χ1) is 18.4. The van der Waals surface area contributed by atoms with Crippen LogP contribution in [0.3, 0.4) is 0 Å². The van der Waals surface area contributed by atoms with Crippen molar-refractivity contribution in [2.24, 2.45) is 5.92 Å². The number of anilines is 2. The van der Waals surface area contributed by atoms with Gasteiger partial charge in [-0.3, -0.25) is 9.52 Å². The van der Waals surface area contributed by atoms with Gasteiger partial charge < -0.3 is 5.32 Å². The Morgan fingerprint density at radius 3 is 2.31 bits per heavy atom. The van der Waals surface area contributed by atoms with Crippen molar-refractivity contribution in [1.29, 1.82) is 0 Å². The van der Waals surface area contributed by atoms with Crippen molar-refractivity contribution < 1.29 is 21.6 Å². The third-order valence-corrected chi connectivity index (χ3v) is 10.5. The molecule has 1 saturated heterocycles. The van der Waals surface area contributed by atoms with Crippen LogP contribution in [0.4, 0.5) is 11.4 Å². The first-order valence-corrected chi connectivity index (χ1v) is 16.1. The Bertz CT molecular complexity index is 1570. The molecule has 1 aliphatic rings. The van der Waals surface area contributed by atoms with Crippen LogP contribution >= 0.6 is 23.2 Å². The molecule has 3 aromatic rings. The molecule has 0 radical (unpaired) electrons. The molecule has 208 valence electrons. The molecule has 1 heterocycles. The van der Waals surface area contributed by atoms with Gasteiger partial charge in [0.25, 0.3) is 10.0 Å². The van der Waals surface area contributed by atoms with Crippen LogP contribution < -0.4 is 10.0 Å². The van der Waals surface area contributed by atoms with Crippen LogP contribution in [0.25, 0.3) is 0 Å². The Balaban J connectivity index is 1.41. The van der Waals surface area contributed by atoms with E-state index >= 15 is 0 Å². The van der Waals surface area contributed by atoms with Gasteiger partial charge in [-0.15, -0.1) is 0 Å². The van der Waals surface area contributed by atoms with E-state index in [1.54, 1.807) is 24.3 Å². The van der Waals surface area contributed by atoms with E-state index < -0.39 is 26.0 Å². The van der Waals surface area contributed by atoms with Crippen molar-refractivity contribution in [3.05, 3.63) is 87.4 Å². The number of hydrogen-bond acceptors (Lipinski definition) is 5. The molecule has 4 rings (SSSR count). The maximum atomic E-state index is 13.1. The zero-order valence-electron chi connectivity index (χ0n) is 21.4. The predicted molar refractivity (Wildman–Crippen MR) is 155 cm³/mol. The minimum absolute atomic E-state index is 0.0302. The van der Waals surface area contributed by atoms with Crippen molar-refractivity contribution in [3.63, 3.8) is 0 Å². The number of sulfonamides is 2. The van der Waals surface area contributed by atoms with Crippen molar-refractivity contribution >= 4 is 60.5 Å². The van der Waals surface area contributed by atoms with E-state index in [9.17, 15) is 21.6 Å². The summed E-state index contributed by atoms with van der Waals surface area (Å²) in [5, 5.41) is 3.32. The average Bonchev–Trinajstić information content (AvgIpc) is 2.89. The third-order valence-electron chi connectivity index (χ3n) is 6.61. The molecule has 0 bridgehead atoms. The first kappa shape index (κ1) is 29.4. The number of aryl methyl sites for hydroxylation is 2. The fourth-order valence-corrected chi connectivity index (χ4v) is 7.85. The molecule has 0 saturated carbocycles. The van der Waals surface area contributed by atoms with Crippen molar-refractivity contribution in [2.75, 3.05) is 23.1 Å². The Kier molecular flexibility index (Phi) is 8.92. The number of carbonyl (C=O) groups is 1. The lowest BCUT2D eigenvalue weighted by molar-refractivity contribution is -0.120. The molecule has 0 aromatic heterocycles. The Labute approximate surface area is 239 Å². The quantitative estimate of drug-likeness (QED) is 0.345. The summed E-state index contributed by atoms with van der Waals surface area (Å²) in [6, 6.07) is 16.2. The maximum absolute atomic E-state index is 13.1. The molecular formula is C27H29Cl2N3O5S2. The Morgan fingerprint density at radius 2 is 1.64 bits per heavy atom. The van der Waals surface area contributed by atoms with E-state index in [0.717, 1.165) is 11.1 Å². The van der Waals surface area contributed by atoms with E-state index in [0.29, 0.717) is 36.3 Å². The first-order valence-electron chi connectivity index (χ1n) is 12.3. The van der Waals surface area contributed by atoms with Crippen molar-refractivity contribution in [2.45, 2.75) is 37.3 Å². The SMILES string of the molecule is Cc1ccc(C)c(NS(=O)(=O)c2ccc(NC(=O)C3CCCN(S(=O)(=O)Cc4c(Cl)cccc4Cl)C3)cc2)c1. The van der Waals surface area contributed by atoms with E-state index in [1.807, 2.05) is 26.0 Å². The molecule has 1 amide bonds. The van der Waals surface area contributed by atoms with Crippen LogP contribution in [0.2, 0.25) is 10.0 Å². The second kappa shape index (κ2) is 11.9. The minimum atomic E-state index is -3.83.